The normalized spacial score (nSPS) is 17.1. The van der Waals surface area contributed by atoms with Crippen LogP contribution in [0.25, 0.3) is 0 Å². The molecular formula is C14H22N4O4S. The van der Waals surface area contributed by atoms with Crippen LogP contribution in [-0.4, -0.2) is 53.8 Å². The van der Waals surface area contributed by atoms with E-state index in [2.05, 4.69) is 10.4 Å². The fourth-order valence-electron chi connectivity index (χ4n) is 2.53. The topological polar surface area (TPSA) is 101 Å². The zero-order valence-corrected chi connectivity index (χ0v) is 14.2. The van der Waals surface area contributed by atoms with Crippen molar-refractivity contribution < 1.29 is 13.2 Å². The van der Waals surface area contributed by atoms with Crippen LogP contribution in [-0.2, 0) is 16.6 Å². The second-order valence-corrected chi connectivity index (χ2v) is 7.67. The fraction of sp³-hybridized carbons (Fsp3) is 0.643. The maximum atomic E-state index is 12.2. The first kappa shape index (κ1) is 17.6. The largest absolute Gasteiger partial charge is 0.348 e. The first-order chi connectivity index (χ1) is 10.8. The number of sulfonamides is 1. The number of carbonyl (C=O) groups is 1. The summed E-state index contributed by atoms with van der Waals surface area (Å²) in [7, 11) is -3.18. The Morgan fingerprint density at radius 2 is 2.00 bits per heavy atom. The summed E-state index contributed by atoms with van der Waals surface area (Å²) in [6, 6.07) is 2.66. The van der Waals surface area contributed by atoms with Gasteiger partial charge >= 0.3 is 0 Å². The number of nitrogens with one attached hydrogen (secondary N) is 1. The molecule has 23 heavy (non-hydrogen) atoms. The predicted octanol–water partition coefficient (Wildman–Crippen LogP) is -0.193. The van der Waals surface area contributed by atoms with E-state index in [1.165, 1.54) is 27.4 Å². The van der Waals surface area contributed by atoms with Crippen LogP contribution in [0.15, 0.2) is 16.9 Å². The highest BCUT2D eigenvalue weighted by Gasteiger charge is 2.26. The lowest BCUT2D eigenvalue weighted by atomic mass is 10.1. The summed E-state index contributed by atoms with van der Waals surface area (Å²) in [4.78, 5) is 23.8. The van der Waals surface area contributed by atoms with Crippen molar-refractivity contribution in [1.82, 2.24) is 19.4 Å². The van der Waals surface area contributed by atoms with Gasteiger partial charge in [0, 0.05) is 31.7 Å². The predicted molar refractivity (Wildman–Crippen MR) is 85.7 cm³/mol. The Bertz CT molecular complexity index is 721. The first-order valence-corrected chi connectivity index (χ1v) is 9.50. The third kappa shape index (κ3) is 4.61. The van der Waals surface area contributed by atoms with Crippen LogP contribution in [0.4, 0.5) is 0 Å². The number of carbonyl (C=O) groups excluding carboxylic acids is 1. The second-order valence-electron chi connectivity index (χ2n) is 5.69. The van der Waals surface area contributed by atoms with E-state index < -0.39 is 10.0 Å². The Morgan fingerprint density at radius 3 is 2.57 bits per heavy atom. The molecule has 0 radical (unpaired) electrons. The number of aryl methyl sites for hydroxylation is 1. The van der Waals surface area contributed by atoms with Crippen molar-refractivity contribution in [3.05, 3.63) is 28.2 Å². The molecule has 0 atom stereocenters. The van der Waals surface area contributed by atoms with E-state index in [0.29, 0.717) is 32.5 Å². The van der Waals surface area contributed by atoms with Gasteiger partial charge < -0.3 is 5.32 Å². The molecule has 0 unspecified atom stereocenters. The Balaban J connectivity index is 1.98. The molecule has 2 heterocycles. The molecule has 1 N–H and O–H groups in total. The molecular weight excluding hydrogens is 320 g/mol. The maximum absolute atomic E-state index is 12.2. The number of aromatic nitrogens is 2. The standard InChI is InChI=1S/C14H22N4O4S/c1-3-8-18-13(19)5-4-12(16-18)14(20)15-11-6-9-17(10-7-11)23(2,21)22/h4-5,11H,3,6-10H2,1-2H3,(H,15,20). The molecule has 0 saturated carbocycles. The lowest BCUT2D eigenvalue weighted by Crippen LogP contribution is -2.46. The monoisotopic (exact) mass is 342 g/mol. The molecule has 1 amide bonds. The van der Waals surface area contributed by atoms with Crippen molar-refractivity contribution >= 4 is 15.9 Å². The lowest BCUT2D eigenvalue weighted by molar-refractivity contribution is 0.0916. The van der Waals surface area contributed by atoms with Crippen LogP contribution in [0.2, 0.25) is 0 Å². The highest BCUT2D eigenvalue weighted by molar-refractivity contribution is 7.88. The molecule has 1 aromatic heterocycles. The summed E-state index contributed by atoms with van der Waals surface area (Å²) < 4.78 is 25.6. The number of piperidine rings is 1. The highest BCUT2D eigenvalue weighted by Crippen LogP contribution is 2.13. The van der Waals surface area contributed by atoms with Crippen LogP contribution in [0.3, 0.4) is 0 Å². The molecule has 8 nitrogen and oxygen atoms in total. The Labute approximate surface area is 135 Å². The lowest BCUT2D eigenvalue weighted by Gasteiger charge is -2.30. The van der Waals surface area contributed by atoms with Gasteiger partial charge in [-0.1, -0.05) is 6.92 Å². The Morgan fingerprint density at radius 1 is 1.35 bits per heavy atom. The average Bonchev–Trinajstić information content (AvgIpc) is 2.49. The van der Waals surface area contributed by atoms with Crippen LogP contribution in [0, 0.1) is 0 Å². The SMILES string of the molecule is CCCn1nc(C(=O)NC2CCN(S(C)(=O)=O)CC2)ccc1=O. The van der Waals surface area contributed by atoms with E-state index in [0.717, 1.165) is 6.42 Å². The van der Waals surface area contributed by atoms with Gasteiger partial charge in [-0.15, -0.1) is 0 Å². The summed E-state index contributed by atoms with van der Waals surface area (Å²) in [5, 5.41) is 6.93. The molecule has 1 aromatic rings. The van der Waals surface area contributed by atoms with Crippen molar-refractivity contribution in [2.24, 2.45) is 0 Å². The van der Waals surface area contributed by atoms with Gasteiger partial charge in [0.2, 0.25) is 10.0 Å². The summed E-state index contributed by atoms with van der Waals surface area (Å²) in [6.45, 7) is 3.18. The molecule has 0 spiro atoms. The number of amides is 1. The molecule has 0 aliphatic carbocycles. The highest BCUT2D eigenvalue weighted by atomic mass is 32.2. The minimum atomic E-state index is -3.18. The third-order valence-corrected chi connectivity index (χ3v) is 5.10. The average molecular weight is 342 g/mol. The van der Waals surface area contributed by atoms with E-state index in [1.807, 2.05) is 6.92 Å². The van der Waals surface area contributed by atoms with E-state index in [4.69, 9.17) is 0 Å². The third-order valence-electron chi connectivity index (χ3n) is 3.79. The van der Waals surface area contributed by atoms with E-state index in [-0.39, 0.29) is 23.2 Å². The number of rotatable bonds is 5. The molecule has 1 aliphatic rings. The molecule has 2 rings (SSSR count). The van der Waals surface area contributed by atoms with Gasteiger partial charge in [0.1, 0.15) is 5.69 Å². The van der Waals surface area contributed by atoms with Gasteiger partial charge in [0.15, 0.2) is 0 Å². The fourth-order valence-corrected chi connectivity index (χ4v) is 3.41. The van der Waals surface area contributed by atoms with Gasteiger partial charge in [0.25, 0.3) is 11.5 Å². The van der Waals surface area contributed by atoms with Gasteiger partial charge in [0.05, 0.1) is 6.26 Å². The smallest absolute Gasteiger partial charge is 0.271 e. The van der Waals surface area contributed by atoms with E-state index in [1.54, 1.807) is 0 Å². The Hall–Kier alpha value is -1.74. The minimum Gasteiger partial charge on any atom is -0.348 e. The Kier molecular flexibility index (Phi) is 5.53. The molecule has 0 aromatic carbocycles. The van der Waals surface area contributed by atoms with Crippen LogP contribution >= 0.6 is 0 Å². The second kappa shape index (κ2) is 7.22. The van der Waals surface area contributed by atoms with Gasteiger partial charge in [-0.05, 0) is 25.3 Å². The van der Waals surface area contributed by atoms with E-state index >= 15 is 0 Å². The number of hydrogen-bond donors (Lipinski definition) is 1. The summed E-state index contributed by atoms with van der Waals surface area (Å²) in [5.74, 6) is -0.340. The first-order valence-electron chi connectivity index (χ1n) is 7.65. The van der Waals surface area contributed by atoms with Crippen LogP contribution in [0.1, 0.15) is 36.7 Å². The summed E-state index contributed by atoms with van der Waals surface area (Å²) in [5.41, 5.74) is -0.0338. The molecule has 128 valence electrons. The molecule has 1 aliphatic heterocycles. The van der Waals surface area contributed by atoms with Gasteiger partial charge in [-0.3, -0.25) is 9.59 Å². The minimum absolute atomic E-state index is 0.0890. The van der Waals surface area contributed by atoms with Crippen LogP contribution in [0.5, 0.6) is 0 Å². The van der Waals surface area contributed by atoms with E-state index in [9.17, 15) is 18.0 Å². The quantitative estimate of drug-likeness (QED) is 0.799. The summed E-state index contributed by atoms with van der Waals surface area (Å²) >= 11 is 0. The zero-order chi connectivity index (χ0) is 17.0. The number of hydrogen-bond acceptors (Lipinski definition) is 5. The van der Waals surface area contributed by atoms with Crippen LogP contribution < -0.4 is 10.9 Å². The molecule has 0 bridgehead atoms. The van der Waals surface area contributed by atoms with Crippen molar-refractivity contribution in [3.63, 3.8) is 0 Å². The molecule has 1 saturated heterocycles. The van der Waals surface area contributed by atoms with Crippen molar-refractivity contribution in [2.45, 2.75) is 38.8 Å². The zero-order valence-electron chi connectivity index (χ0n) is 13.4. The molecule has 1 fully saturated rings. The molecule has 9 heteroatoms. The van der Waals surface area contributed by atoms with Gasteiger partial charge in [-0.2, -0.15) is 5.10 Å². The maximum Gasteiger partial charge on any atom is 0.271 e. The van der Waals surface area contributed by atoms with Crippen molar-refractivity contribution in [2.75, 3.05) is 19.3 Å². The van der Waals surface area contributed by atoms with Crippen molar-refractivity contribution in [1.29, 1.82) is 0 Å². The number of nitrogens with zero attached hydrogens (tertiary/aromatic N) is 3. The van der Waals surface area contributed by atoms with Gasteiger partial charge in [-0.25, -0.2) is 17.4 Å². The summed E-state index contributed by atoms with van der Waals surface area (Å²) in [6.07, 6.45) is 3.07. The van der Waals surface area contributed by atoms with Crippen molar-refractivity contribution in [3.8, 4) is 0 Å².